The van der Waals surface area contributed by atoms with Gasteiger partial charge >= 0.3 is 0 Å². The first-order valence-electron chi connectivity index (χ1n) is 7.58. The Morgan fingerprint density at radius 2 is 2.13 bits per heavy atom. The lowest BCUT2D eigenvalue weighted by atomic mass is 10.0. The second kappa shape index (κ2) is 6.21. The van der Waals surface area contributed by atoms with Crippen LogP contribution in [0.1, 0.15) is 31.6 Å². The second-order valence-corrected chi connectivity index (χ2v) is 5.71. The number of amides is 1. The highest BCUT2D eigenvalue weighted by Crippen LogP contribution is 2.37. The van der Waals surface area contributed by atoms with Crippen molar-refractivity contribution in [1.82, 2.24) is 9.88 Å². The normalized spacial score (nSPS) is 14.6. The van der Waals surface area contributed by atoms with Crippen LogP contribution in [0.5, 0.6) is 0 Å². The van der Waals surface area contributed by atoms with E-state index in [4.69, 9.17) is 10.8 Å². The number of carbonyl (C=O) groups excluding carboxylic acids is 1. The molecule has 0 radical (unpaired) electrons. The lowest BCUT2D eigenvalue weighted by Crippen LogP contribution is -2.27. The third kappa shape index (κ3) is 3.57. The molecule has 1 aliphatic rings. The zero-order valence-electron chi connectivity index (χ0n) is 13.0. The number of aromatic nitrogens is 1. The molecule has 0 bridgehead atoms. The van der Waals surface area contributed by atoms with Gasteiger partial charge in [-0.1, -0.05) is 12.1 Å². The summed E-state index contributed by atoms with van der Waals surface area (Å²) < 4.78 is 5.64. The van der Waals surface area contributed by atoms with Crippen molar-refractivity contribution in [2.75, 3.05) is 7.05 Å². The van der Waals surface area contributed by atoms with Gasteiger partial charge in [-0.2, -0.15) is 10.2 Å². The van der Waals surface area contributed by atoms with Crippen molar-refractivity contribution in [3.05, 3.63) is 30.2 Å². The average Bonchev–Trinajstić information content (AvgIpc) is 3.21. The number of oxazole rings is 1. The van der Waals surface area contributed by atoms with E-state index in [1.807, 2.05) is 24.3 Å². The minimum Gasteiger partial charge on any atom is -0.439 e. The quantitative estimate of drug-likeness (QED) is 0.738. The monoisotopic (exact) mass is 310 g/mol. The van der Waals surface area contributed by atoms with Crippen molar-refractivity contribution in [2.45, 2.75) is 37.9 Å². The molecule has 0 spiro atoms. The molecule has 0 saturated heterocycles. The summed E-state index contributed by atoms with van der Waals surface area (Å²) in [7, 11) is 1.74. The number of hydrogen-bond acceptors (Lipinski definition) is 5. The van der Waals surface area contributed by atoms with Crippen LogP contribution in [0.4, 0.5) is 0 Å². The molecule has 1 amide bonds. The molecule has 1 aliphatic heterocycles. The van der Waals surface area contributed by atoms with Crippen LogP contribution < -0.4 is 0 Å². The molecule has 2 heterocycles. The summed E-state index contributed by atoms with van der Waals surface area (Å²) in [6.07, 6.45) is 7.58. The summed E-state index contributed by atoms with van der Waals surface area (Å²) in [5.74, 6) is 3.13. The third-order valence-corrected chi connectivity index (χ3v) is 3.93. The van der Waals surface area contributed by atoms with Gasteiger partial charge < -0.3 is 9.32 Å². The first-order valence-corrected chi connectivity index (χ1v) is 7.58. The van der Waals surface area contributed by atoms with Crippen LogP contribution in [-0.2, 0) is 11.3 Å². The summed E-state index contributed by atoms with van der Waals surface area (Å²) in [5.41, 5.74) is 1.11. The lowest BCUT2D eigenvalue weighted by molar-refractivity contribution is -0.131. The van der Waals surface area contributed by atoms with Gasteiger partial charge in [-0.05, 0) is 12.1 Å². The van der Waals surface area contributed by atoms with Gasteiger partial charge in [0.15, 0.2) is 11.2 Å². The van der Waals surface area contributed by atoms with E-state index in [2.05, 4.69) is 21.1 Å². The van der Waals surface area contributed by atoms with Crippen LogP contribution in [0.3, 0.4) is 0 Å². The molecular weight excluding hydrogens is 292 g/mol. The van der Waals surface area contributed by atoms with Gasteiger partial charge in [0.05, 0.1) is 6.54 Å². The Kier molecular flexibility index (Phi) is 4.11. The maximum Gasteiger partial charge on any atom is 0.222 e. The minimum atomic E-state index is -0.416. The summed E-state index contributed by atoms with van der Waals surface area (Å²) in [5, 5.41) is 8.09. The number of hydrogen-bond donors (Lipinski definition) is 0. The highest BCUT2D eigenvalue weighted by atomic mass is 16.3. The SMILES string of the molecule is C#CCCC1(CCC(=O)N(C)Cc2nc3ccccc3o2)N=N1. The highest BCUT2D eigenvalue weighted by Gasteiger charge is 2.39. The van der Waals surface area contributed by atoms with Gasteiger partial charge in [0.2, 0.25) is 11.8 Å². The van der Waals surface area contributed by atoms with Crippen LogP contribution in [0, 0.1) is 12.3 Å². The van der Waals surface area contributed by atoms with E-state index in [1.165, 1.54) is 0 Å². The van der Waals surface area contributed by atoms with Crippen LogP contribution in [0.25, 0.3) is 11.1 Å². The van der Waals surface area contributed by atoms with E-state index < -0.39 is 5.66 Å². The Morgan fingerprint density at radius 1 is 1.35 bits per heavy atom. The summed E-state index contributed by atoms with van der Waals surface area (Å²) >= 11 is 0. The van der Waals surface area contributed by atoms with Crippen molar-refractivity contribution in [2.24, 2.45) is 10.2 Å². The minimum absolute atomic E-state index is 0.0182. The third-order valence-electron chi connectivity index (χ3n) is 3.93. The Balaban J connectivity index is 1.52. The number of benzene rings is 1. The van der Waals surface area contributed by atoms with E-state index in [-0.39, 0.29) is 5.91 Å². The van der Waals surface area contributed by atoms with E-state index in [9.17, 15) is 4.79 Å². The smallest absolute Gasteiger partial charge is 0.222 e. The predicted octanol–water partition coefficient (Wildman–Crippen LogP) is 3.14. The molecule has 0 saturated carbocycles. The molecule has 6 heteroatoms. The fourth-order valence-corrected chi connectivity index (χ4v) is 2.44. The molecule has 0 fully saturated rings. The molecule has 0 unspecified atom stereocenters. The van der Waals surface area contributed by atoms with E-state index in [1.54, 1.807) is 11.9 Å². The van der Waals surface area contributed by atoms with Gasteiger partial charge in [-0.3, -0.25) is 4.79 Å². The molecular formula is C17H18N4O2. The van der Waals surface area contributed by atoms with Crippen molar-refractivity contribution < 1.29 is 9.21 Å². The zero-order chi connectivity index (χ0) is 16.3. The number of rotatable bonds is 7. The van der Waals surface area contributed by atoms with Crippen molar-refractivity contribution in [3.63, 3.8) is 0 Å². The van der Waals surface area contributed by atoms with Crippen LogP contribution in [-0.4, -0.2) is 28.5 Å². The first-order chi connectivity index (χ1) is 11.1. The molecule has 0 N–H and O–H groups in total. The van der Waals surface area contributed by atoms with E-state index in [0.717, 1.165) is 11.1 Å². The van der Waals surface area contributed by atoms with Gasteiger partial charge in [0.1, 0.15) is 5.52 Å². The highest BCUT2D eigenvalue weighted by molar-refractivity contribution is 5.76. The molecule has 1 aromatic heterocycles. The lowest BCUT2D eigenvalue weighted by Gasteiger charge is -2.16. The molecule has 3 rings (SSSR count). The summed E-state index contributed by atoms with van der Waals surface area (Å²) in [6.45, 7) is 0.346. The summed E-state index contributed by atoms with van der Waals surface area (Å²) in [6, 6.07) is 7.54. The van der Waals surface area contributed by atoms with Crippen LogP contribution in [0.2, 0.25) is 0 Å². The first kappa shape index (κ1) is 15.2. The Morgan fingerprint density at radius 3 is 2.83 bits per heavy atom. The number of carbonyl (C=O) groups is 1. The average molecular weight is 310 g/mol. The molecule has 1 aromatic carbocycles. The Labute approximate surface area is 134 Å². The predicted molar refractivity (Wildman–Crippen MR) is 85.4 cm³/mol. The fourth-order valence-electron chi connectivity index (χ4n) is 2.44. The largest absolute Gasteiger partial charge is 0.439 e. The Hall–Kier alpha value is -2.68. The van der Waals surface area contributed by atoms with Gasteiger partial charge in [0, 0.05) is 32.7 Å². The topological polar surface area (TPSA) is 71.1 Å². The molecule has 23 heavy (non-hydrogen) atoms. The second-order valence-electron chi connectivity index (χ2n) is 5.71. The molecule has 2 aromatic rings. The summed E-state index contributed by atoms with van der Waals surface area (Å²) in [4.78, 5) is 18.2. The number of nitrogens with zero attached hydrogens (tertiary/aromatic N) is 4. The maximum atomic E-state index is 12.2. The molecule has 6 nitrogen and oxygen atoms in total. The van der Waals surface area contributed by atoms with Gasteiger partial charge in [0.25, 0.3) is 0 Å². The number of para-hydroxylation sites is 2. The maximum absolute atomic E-state index is 12.2. The number of fused-ring (bicyclic) bond motifs is 1. The van der Waals surface area contributed by atoms with Crippen molar-refractivity contribution >= 4 is 17.0 Å². The van der Waals surface area contributed by atoms with Gasteiger partial charge in [-0.15, -0.1) is 12.3 Å². The van der Waals surface area contributed by atoms with Gasteiger partial charge in [-0.25, -0.2) is 4.98 Å². The molecule has 0 atom stereocenters. The standard InChI is InChI=1S/C17H18N4O2/c1-3-4-10-17(19-20-17)11-9-16(22)21(2)12-15-18-13-7-5-6-8-14(13)23-15/h1,5-8H,4,9-12H2,2H3. The fraction of sp³-hybridized carbons (Fsp3) is 0.412. The Bertz CT molecular complexity index is 748. The van der Waals surface area contributed by atoms with Crippen molar-refractivity contribution in [1.29, 1.82) is 0 Å². The van der Waals surface area contributed by atoms with Crippen LogP contribution >= 0.6 is 0 Å². The van der Waals surface area contributed by atoms with E-state index in [0.29, 0.717) is 38.1 Å². The number of terminal acetylenes is 1. The molecule has 118 valence electrons. The molecule has 0 aliphatic carbocycles. The zero-order valence-corrected chi connectivity index (χ0v) is 13.0. The van der Waals surface area contributed by atoms with Crippen molar-refractivity contribution in [3.8, 4) is 12.3 Å². The van der Waals surface area contributed by atoms with Crippen LogP contribution in [0.15, 0.2) is 38.9 Å². The van der Waals surface area contributed by atoms with E-state index >= 15 is 0 Å².